The predicted octanol–water partition coefficient (Wildman–Crippen LogP) is 1.52. The SMILES string of the molecule is CC1CCC(CNCC(C)C(N)=O)CC1. The molecule has 0 saturated heterocycles. The second-order valence-electron chi connectivity index (χ2n) is 5.09. The van der Waals surface area contributed by atoms with E-state index in [1.807, 2.05) is 6.92 Å². The van der Waals surface area contributed by atoms with Crippen LogP contribution in [0, 0.1) is 17.8 Å². The molecular formula is C12H24N2O. The van der Waals surface area contributed by atoms with Crippen molar-refractivity contribution in [2.75, 3.05) is 13.1 Å². The molecule has 0 radical (unpaired) electrons. The van der Waals surface area contributed by atoms with Gasteiger partial charge in [0.2, 0.25) is 5.91 Å². The average Bonchev–Trinajstić information content (AvgIpc) is 2.20. The van der Waals surface area contributed by atoms with Crippen molar-refractivity contribution in [2.24, 2.45) is 23.5 Å². The standard InChI is InChI=1S/C12H24N2O/c1-9-3-5-11(6-4-9)8-14-7-10(2)12(13)15/h9-11,14H,3-8H2,1-2H3,(H2,13,15). The first-order valence-electron chi connectivity index (χ1n) is 6.09. The zero-order chi connectivity index (χ0) is 11.3. The van der Waals surface area contributed by atoms with Gasteiger partial charge >= 0.3 is 0 Å². The first-order chi connectivity index (χ1) is 7.09. The van der Waals surface area contributed by atoms with Crippen molar-refractivity contribution in [3.8, 4) is 0 Å². The third-order valence-electron chi connectivity index (χ3n) is 3.50. The number of nitrogens with two attached hydrogens (primary N) is 1. The third-order valence-corrected chi connectivity index (χ3v) is 3.50. The van der Waals surface area contributed by atoms with Crippen LogP contribution in [-0.4, -0.2) is 19.0 Å². The number of hydrogen-bond donors (Lipinski definition) is 2. The van der Waals surface area contributed by atoms with Crippen LogP contribution in [0.2, 0.25) is 0 Å². The molecule has 0 heterocycles. The van der Waals surface area contributed by atoms with Crippen molar-refractivity contribution >= 4 is 5.91 Å². The lowest BCUT2D eigenvalue weighted by molar-refractivity contribution is -0.121. The highest BCUT2D eigenvalue weighted by atomic mass is 16.1. The van der Waals surface area contributed by atoms with Gasteiger partial charge in [-0.1, -0.05) is 26.7 Å². The maximum Gasteiger partial charge on any atom is 0.221 e. The summed E-state index contributed by atoms with van der Waals surface area (Å²) in [6, 6.07) is 0. The van der Waals surface area contributed by atoms with Crippen LogP contribution in [0.1, 0.15) is 39.5 Å². The van der Waals surface area contributed by atoms with Crippen LogP contribution in [0.25, 0.3) is 0 Å². The van der Waals surface area contributed by atoms with Gasteiger partial charge in [0, 0.05) is 12.5 Å². The van der Waals surface area contributed by atoms with Gasteiger partial charge in [-0.15, -0.1) is 0 Å². The van der Waals surface area contributed by atoms with E-state index in [-0.39, 0.29) is 11.8 Å². The summed E-state index contributed by atoms with van der Waals surface area (Å²) in [6.07, 6.45) is 5.38. The minimum atomic E-state index is -0.209. The maximum atomic E-state index is 10.8. The van der Waals surface area contributed by atoms with Crippen LogP contribution < -0.4 is 11.1 Å². The second-order valence-corrected chi connectivity index (χ2v) is 5.09. The third kappa shape index (κ3) is 4.65. The summed E-state index contributed by atoms with van der Waals surface area (Å²) in [4.78, 5) is 10.8. The Balaban J connectivity index is 2.07. The van der Waals surface area contributed by atoms with E-state index in [0.29, 0.717) is 0 Å². The first-order valence-corrected chi connectivity index (χ1v) is 6.09. The number of nitrogens with one attached hydrogen (secondary N) is 1. The van der Waals surface area contributed by atoms with Gasteiger partial charge in [-0.25, -0.2) is 0 Å². The maximum absolute atomic E-state index is 10.8. The molecule has 0 aromatic rings. The fourth-order valence-electron chi connectivity index (χ4n) is 2.14. The first kappa shape index (κ1) is 12.5. The molecule has 0 bridgehead atoms. The number of carbonyl (C=O) groups is 1. The summed E-state index contributed by atoms with van der Waals surface area (Å²) in [6.45, 7) is 5.98. The Bertz CT molecular complexity index is 198. The van der Waals surface area contributed by atoms with E-state index in [0.717, 1.165) is 24.9 Å². The molecule has 1 amide bonds. The van der Waals surface area contributed by atoms with Crippen LogP contribution in [0.15, 0.2) is 0 Å². The van der Waals surface area contributed by atoms with Crippen molar-refractivity contribution in [2.45, 2.75) is 39.5 Å². The zero-order valence-corrected chi connectivity index (χ0v) is 9.96. The molecule has 1 atom stereocenters. The topological polar surface area (TPSA) is 55.1 Å². The molecule has 1 unspecified atom stereocenters. The quantitative estimate of drug-likeness (QED) is 0.726. The van der Waals surface area contributed by atoms with Crippen molar-refractivity contribution in [3.05, 3.63) is 0 Å². The summed E-state index contributed by atoms with van der Waals surface area (Å²) in [5, 5.41) is 3.35. The van der Waals surface area contributed by atoms with Gasteiger partial charge in [0.25, 0.3) is 0 Å². The zero-order valence-electron chi connectivity index (χ0n) is 9.96. The Morgan fingerprint density at radius 3 is 2.53 bits per heavy atom. The Kier molecular flexibility index (Phi) is 5.09. The number of rotatable bonds is 5. The lowest BCUT2D eigenvalue weighted by Gasteiger charge is -2.26. The van der Waals surface area contributed by atoms with Gasteiger partial charge in [-0.2, -0.15) is 0 Å². The smallest absolute Gasteiger partial charge is 0.221 e. The molecule has 1 aliphatic rings. The Morgan fingerprint density at radius 2 is 2.00 bits per heavy atom. The molecular weight excluding hydrogens is 188 g/mol. The van der Waals surface area contributed by atoms with Crippen molar-refractivity contribution in [3.63, 3.8) is 0 Å². The molecule has 1 aliphatic carbocycles. The van der Waals surface area contributed by atoms with Crippen LogP contribution in [0.3, 0.4) is 0 Å². The van der Waals surface area contributed by atoms with Crippen molar-refractivity contribution < 1.29 is 4.79 Å². The molecule has 88 valence electrons. The fraction of sp³-hybridized carbons (Fsp3) is 0.917. The lowest BCUT2D eigenvalue weighted by Crippen LogP contribution is -2.34. The van der Waals surface area contributed by atoms with Crippen LogP contribution in [0.5, 0.6) is 0 Å². The highest BCUT2D eigenvalue weighted by molar-refractivity contribution is 5.76. The molecule has 0 aromatic carbocycles. The van der Waals surface area contributed by atoms with Crippen molar-refractivity contribution in [1.29, 1.82) is 0 Å². The van der Waals surface area contributed by atoms with E-state index in [1.54, 1.807) is 0 Å². The molecule has 1 rings (SSSR count). The molecule has 15 heavy (non-hydrogen) atoms. The molecule has 1 fully saturated rings. The van der Waals surface area contributed by atoms with E-state index in [4.69, 9.17) is 5.73 Å². The highest BCUT2D eigenvalue weighted by Crippen LogP contribution is 2.27. The normalized spacial score (nSPS) is 28.7. The summed E-state index contributed by atoms with van der Waals surface area (Å²) in [5.41, 5.74) is 5.19. The van der Waals surface area contributed by atoms with Gasteiger partial charge in [0.05, 0.1) is 0 Å². The average molecular weight is 212 g/mol. The number of hydrogen-bond acceptors (Lipinski definition) is 2. The number of primary amides is 1. The molecule has 3 nitrogen and oxygen atoms in total. The molecule has 1 saturated carbocycles. The van der Waals surface area contributed by atoms with Gasteiger partial charge in [0.1, 0.15) is 0 Å². The van der Waals surface area contributed by atoms with E-state index in [9.17, 15) is 4.79 Å². The largest absolute Gasteiger partial charge is 0.369 e. The van der Waals surface area contributed by atoms with Crippen LogP contribution in [-0.2, 0) is 4.79 Å². The summed E-state index contributed by atoms with van der Waals surface area (Å²) >= 11 is 0. The molecule has 0 aromatic heterocycles. The van der Waals surface area contributed by atoms with E-state index >= 15 is 0 Å². The molecule has 0 spiro atoms. The minimum absolute atomic E-state index is 0.0486. The Hall–Kier alpha value is -0.570. The van der Waals surface area contributed by atoms with Gasteiger partial charge in [-0.05, 0) is 31.2 Å². The molecule has 0 aliphatic heterocycles. The van der Waals surface area contributed by atoms with Crippen LogP contribution in [0.4, 0.5) is 0 Å². The van der Waals surface area contributed by atoms with Crippen LogP contribution >= 0.6 is 0 Å². The second kappa shape index (κ2) is 6.11. The van der Waals surface area contributed by atoms with Gasteiger partial charge in [0.15, 0.2) is 0 Å². The van der Waals surface area contributed by atoms with Crippen molar-refractivity contribution in [1.82, 2.24) is 5.32 Å². The Labute approximate surface area is 92.8 Å². The predicted molar refractivity (Wildman–Crippen MR) is 62.4 cm³/mol. The van der Waals surface area contributed by atoms with Gasteiger partial charge < -0.3 is 11.1 Å². The number of amides is 1. The number of carbonyl (C=O) groups excluding carboxylic acids is 1. The fourth-order valence-corrected chi connectivity index (χ4v) is 2.14. The summed E-state index contributed by atoms with van der Waals surface area (Å²) < 4.78 is 0. The van der Waals surface area contributed by atoms with E-state index < -0.39 is 0 Å². The monoisotopic (exact) mass is 212 g/mol. The highest BCUT2D eigenvalue weighted by Gasteiger charge is 2.18. The summed E-state index contributed by atoms with van der Waals surface area (Å²) in [7, 11) is 0. The summed E-state index contributed by atoms with van der Waals surface area (Å²) in [5.74, 6) is 1.46. The lowest BCUT2D eigenvalue weighted by atomic mass is 9.83. The minimum Gasteiger partial charge on any atom is -0.369 e. The van der Waals surface area contributed by atoms with E-state index in [2.05, 4.69) is 12.2 Å². The Morgan fingerprint density at radius 1 is 1.40 bits per heavy atom. The van der Waals surface area contributed by atoms with Gasteiger partial charge in [-0.3, -0.25) is 4.79 Å². The molecule has 3 N–H and O–H groups in total. The van der Waals surface area contributed by atoms with E-state index in [1.165, 1.54) is 25.7 Å². The molecule has 3 heteroatoms.